The van der Waals surface area contributed by atoms with Crippen molar-refractivity contribution in [1.82, 2.24) is 10.2 Å². The molecule has 0 aromatic carbocycles. The van der Waals surface area contributed by atoms with E-state index in [1.165, 1.54) is 6.92 Å². The van der Waals surface area contributed by atoms with Gasteiger partial charge in [-0.1, -0.05) is 0 Å². The Morgan fingerprint density at radius 2 is 2.00 bits per heavy atom. The van der Waals surface area contributed by atoms with Crippen LogP contribution < -0.4 is 5.32 Å². The summed E-state index contributed by atoms with van der Waals surface area (Å²) < 4.78 is 10.8. The van der Waals surface area contributed by atoms with Gasteiger partial charge in [0.2, 0.25) is 5.91 Å². The van der Waals surface area contributed by atoms with Gasteiger partial charge in [-0.2, -0.15) is 0 Å². The van der Waals surface area contributed by atoms with Crippen molar-refractivity contribution >= 4 is 11.8 Å². The molecule has 23 heavy (non-hydrogen) atoms. The third kappa shape index (κ3) is 3.13. The van der Waals surface area contributed by atoms with E-state index in [0.29, 0.717) is 23.2 Å². The number of likely N-dealkylation sites (tertiary alicyclic amines) is 1. The van der Waals surface area contributed by atoms with E-state index in [1.54, 1.807) is 19.4 Å². The zero-order valence-corrected chi connectivity index (χ0v) is 13.9. The number of ether oxygens (including phenoxy) is 1. The molecule has 0 spiro atoms. The van der Waals surface area contributed by atoms with Gasteiger partial charge in [0, 0.05) is 27.1 Å². The number of rotatable bonds is 3. The Balaban J connectivity index is 1.69. The minimum absolute atomic E-state index is 0.0193. The lowest BCUT2D eigenvalue weighted by atomic mass is 9.77. The third-order valence-electron chi connectivity index (χ3n) is 5.18. The Labute approximate surface area is 136 Å². The van der Waals surface area contributed by atoms with Gasteiger partial charge in [0.25, 0.3) is 5.91 Å². The van der Waals surface area contributed by atoms with E-state index in [1.807, 2.05) is 11.8 Å². The van der Waals surface area contributed by atoms with Gasteiger partial charge >= 0.3 is 0 Å². The van der Waals surface area contributed by atoms with Crippen LogP contribution in [-0.4, -0.2) is 49.1 Å². The number of aryl methyl sites for hydroxylation is 1. The summed E-state index contributed by atoms with van der Waals surface area (Å²) in [6, 6.07) is 1.77. The number of hydrogen-bond donors (Lipinski definition) is 1. The van der Waals surface area contributed by atoms with Gasteiger partial charge in [-0.15, -0.1) is 0 Å². The smallest absolute Gasteiger partial charge is 0.257 e. The van der Waals surface area contributed by atoms with Crippen molar-refractivity contribution in [2.45, 2.75) is 38.8 Å². The molecular weight excluding hydrogens is 296 g/mol. The molecule has 4 atom stereocenters. The maximum Gasteiger partial charge on any atom is 0.257 e. The molecule has 2 aliphatic rings. The maximum atomic E-state index is 12.6. The van der Waals surface area contributed by atoms with Crippen molar-refractivity contribution in [2.75, 3.05) is 20.2 Å². The molecule has 1 aliphatic heterocycles. The lowest BCUT2D eigenvalue weighted by Crippen LogP contribution is -2.49. The summed E-state index contributed by atoms with van der Waals surface area (Å²) in [5.41, 5.74) is 0.644. The minimum Gasteiger partial charge on any atom is -0.469 e. The maximum absolute atomic E-state index is 12.6. The quantitative estimate of drug-likeness (QED) is 0.918. The number of nitrogens with zero attached hydrogens (tertiary/aromatic N) is 1. The van der Waals surface area contributed by atoms with E-state index in [4.69, 9.17) is 9.15 Å². The van der Waals surface area contributed by atoms with Gasteiger partial charge in [-0.25, -0.2) is 0 Å². The second kappa shape index (κ2) is 6.35. The van der Waals surface area contributed by atoms with Gasteiger partial charge in [-0.3, -0.25) is 9.59 Å². The van der Waals surface area contributed by atoms with Gasteiger partial charge < -0.3 is 19.4 Å². The molecule has 0 radical (unpaired) electrons. The largest absolute Gasteiger partial charge is 0.469 e. The van der Waals surface area contributed by atoms with Crippen LogP contribution in [0.5, 0.6) is 0 Å². The molecule has 1 saturated heterocycles. The second-order valence-corrected chi connectivity index (χ2v) is 6.67. The predicted octanol–water partition coefficient (Wildman–Crippen LogP) is 1.59. The van der Waals surface area contributed by atoms with Crippen molar-refractivity contribution in [3.8, 4) is 0 Å². The van der Waals surface area contributed by atoms with Crippen LogP contribution in [0.25, 0.3) is 0 Å². The number of hydrogen-bond acceptors (Lipinski definition) is 4. The van der Waals surface area contributed by atoms with Crippen LogP contribution in [0.1, 0.15) is 35.9 Å². The number of amides is 2. The van der Waals surface area contributed by atoms with E-state index in [0.717, 1.165) is 25.9 Å². The molecule has 2 amide bonds. The lowest BCUT2D eigenvalue weighted by Gasteiger charge is -2.37. The van der Waals surface area contributed by atoms with E-state index in [2.05, 4.69) is 5.32 Å². The van der Waals surface area contributed by atoms with Crippen LogP contribution in [0.15, 0.2) is 16.7 Å². The van der Waals surface area contributed by atoms with Gasteiger partial charge in [0.1, 0.15) is 5.76 Å². The highest BCUT2D eigenvalue weighted by Gasteiger charge is 2.44. The molecule has 6 nitrogen and oxygen atoms in total. The van der Waals surface area contributed by atoms with E-state index in [9.17, 15) is 9.59 Å². The average Bonchev–Trinajstić information content (AvgIpc) is 3.10. The molecule has 1 aromatic heterocycles. The summed E-state index contributed by atoms with van der Waals surface area (Å²) in [5, 5.41) is 2.99. The number of furan rings is 1. The standard InChI is InChI=1S/C17H24N2O4/c1-10-14(4-5-23-10)17(21)19-8-12-6-15(18-11(2)20)16(22-3)7-13(12)9-19/h4-5,12-13,15-16H,6-9H2,1-3H3,(H,18,20)/t12-,13+,15-,16-/m1/s1. The van der Waals surface area contributed by atoms with Crippen LogP contribution in [-0.2, 0) is 9.53 Å². The first-order chi connectivity index (χ1) is 11.0. The zero-order valence-electron chi connectivity index (χ0n) is 13.9. The van der Waals surface area contributed by atoms with Crippen molar-refractivity contribution in [2.24, 2.45) is 11.8 Å². The Kier molecular flexibility index (Phi) is 4.43. The van der Waals surface area contributed by atoms with Crippen LogP contribution in [0.4, 0.5) is 0 Å². The fourth-order valence-corrected chi connectivity index (χ4v) is 4.03. The first kappa shape index (κ1) is 16.1. The summed E-state index contributed by atoms with van der Waals surface area (Å²) in [5.74, 6) is 1.51. The molecule has 2 fully saturated rings. The van der Waals surface area contributed by atoms with Crippen LogP contribution in [0.3, 0.4) is 0 Å². The van der Waals surface area contributed by atoms with E-state index in [-0.39, 0.29) is 24.0 Å². The SMILES string of the molecule is CO[C@@H]1C[C@H]2CN(C(=O)c3ccoc3C)C[C@H]2C[C@H]1NC(C)=O. The number of fused-ring (bicyclic) bond motifs is 1. The molecule has 1 saturated carbocycles. The molecule has 6 heteroatoms. The number of methoxy groups -OCH3 is 1. The summed E-state index contributed by atoms with van der Waals surface area (Å²) in [6.45, 7) is 4.83. The van der Waals surface area contributed by atoms with E-state index < -0.39 is 0 Å². The Morgan fingerprint density at radius 1 is 1.30 bits per heavy atom. The summed E-state index contributed by atoms with van der Waals surface area (Å²) in [4.78, 5) is 25.9. The summed E-state index contributed by atoms with van der Waals surface area (Å²) >= 11 is 0. The van der Waals surface area contributed by atoms with Crippen molar-refractivity contribution in [1.29, 1.82) is 0 Å². The predicted molar refractivity (Wildman–Crippen MR) is 84.0 cm³/mol. The normalized spacial score (nSPS) is 30.1. The molecular formula is C17H24N2O4. The highest BCUT2D eigenvalue weighted by Crippen LogP contribution is 2.38. The van der Waals surface area contributed by atoms with Crippen molar-refractivity contribution in [3.63, 3.8) is 0 Å². The first-order valence-corrected chi connectivity index (χ1v) is 8.12. The van der Waals surface area contributed by atoms with Crippen LogP contribution >= 0.6 is 0 Å². The molecule has 126 valence electrons. The monoisotopic (exact) mass is 320 g/mol. The molecule has 3 rings (SSSR count). The third-order valence-corrected chi connectivity index (χ3v) is 5.18. The Morgan fingerprint density at radius 3 is 2.57 bits per heavy atom. The van der Waals surface area contributed by atoms with Crippen molar-refractivity contribution in [3.05, 3.63) is 23.7 Å². The van der Waals surface area contributed by atoms with Crippen molar-refractivity contribution < 1.29 is 18.7 Å². The topological polar surface area (TPSA) is 71.8 Å². The highest BCUT2D eigenvalue weighted by molar-refractivity contribution is 5.95. The zero-order chi connectivity index (χ0) is 16.6. The van der Waals surface area contributed by atoms with Gasteiger partial charge in [0.05, 0.1) is 24.0 Å². The molecule has 0 bridgehead atoms. The van der Waals surface area contributed by atoms with E-state index >= 15 is 0 Å². The molecule has 2 heterocycles. The van der Waals surface area contributed by atoms with Gasteiger partial charge in [0.15, 0.2) is 0 Å². The minimum atomic E-state index is -0.0320. The van der Waals surface area contributed by atoms with Crippen LogP contribution in [0.2, 0.25) is 0 Å². The lowest BCUT2D eigenvalue weighted by molar-refractivity contribution is -0.121. The fraction of sp³-hybridized carbons (Fsp3) is 0.647. The summed E-state index contributed by atoms with van der Waals surface area (Å²) in [7, 11) is 1.69. The summed E-state index contributed by atoms with van der Waals surface area (Å²) in [6.07, 6.45) is 3.31. The first-order valence-electron chi connectivity index (χ1n) is 8.12. The Bertz CT molecular complexity index is 597. The Hall–Kier alpha value is -1.82. The number of carbonyl (C=O) groups excluding carboxylic acids is 2. The molecule has 1 N–H and O–H groups in total. The van der Waals surface area contributed by atoms with Gasteiger partial charge in [-0.05, 0) is 37.7 Å². The molecule has 0 unspecified atom stereocenters. The second-order valence-electron chi connectivity index (χ2n) is 6.67. The van der Waals surface area contributed by atoms with Crippen LogP contribution in [0, 0.1) is 18.8 Å². The fourth-order valence-electron chi connectivity index (χ4n) is 4.03. The molecule has 1 aliphatic carbocycles. The number of nitrogens with one attached hydrogen (secondary N) is 1. The molecule has 1 aromatic rings. The highest BCUT2D eigenvalue weighted by atomic mass is 16.5. The number of carbonyl (C=O) groups is 2. The average molecular weight is 320 g/mol.